The number of nitrogens with two attached hydrogens (primary N) is 1. The van der Waals surface area contributed by atoms with E-state index in [0.29, 0.717) is 24.2 Å². The fraction of sp³-hybridized carbons (Fsp3) is 0.600. The van der Waals surface area contributed by atoms with Gasteiger partial charge in [-0.15, -0.1) is 0 Å². The van der Waals surface area contributed by atoms with Crippen molar-refractivity contribution < 1.29 is 29.4 Å². The van der Waals surface area contributed by atoms with E-state index in [0.717, 1.165) is 0 Å². The van der Waals surface area contributed by atoms with Crippen LogP contribution in [-0.4, -0.2) is 70.1 Å². The highest BCUT2D eigenvalue weighted by Crippen LogP contribution is 2.13. The first kappa shape index (κ1) is 31.2. The molecule has 0 aromatic heterocycles. The monoisotopic (exact) mass is 524 g/mol. The quantitative estimate of drug-likeness (QED) is 0.199. The highest BCUT2D eigenvalue weighted by molar-refractivity contribution is 7.98. The number of benzene rings is 1. The van der Waals surface area contributed by atoms with E-state index in [1.165, 1.54) is 12.1 Å². The maximum Gasteiger partial charge on any atom is 0.326 e. The Balaban J connectivity index is 3.10. The normalized spacial score (nSPS) is 15.3. The molecule has 10 nitrogen and oxygen atoms in total. The summed E-state index contributed by atoms with van der Waals surface area (Å²) in [5.41, 5.74) is 6.66. The molecule has 0 radical (unpaired) electrons. The van der Waals surface area contributed by atoms with Crippen LogP contribution in [-0.2, 0) is 25.6 Å². The highest BCUT2D eigenvalue weighted by atomic mass is 32.2. The standard InChI is InChI=1S/C25H40N4O6S/c1-6-15(4)21(25(34)35)29-24(33)20(14(2)3)28-23(32)19(13-16-7-9-17(30)10-8-16)27-22(31)18(26)11-12-36-5/h7-10,14-15,18-21,30H,6,11-13,26H2,1-5H3,(H,27,31)(H,28,32)(H,29,33)(H,34,35). The van der Waals surface area contributed by atoms with Gasteiger partial charge in [0.05, 0.1) is 6.04 Å². The number of thioether (sulfide) groups is 1. The molecule has 0 aliphatic carbocycles. The van der Waals surface area contributed by atoms with Gasteiger partial charge in [0.1, 0.15) is 23.9 Å². The van der Waals surface area contributed by atoms with E-state index < -0.39 is 47.9 Å². The zero-order valence-electron chi connectivity index (χ0n) is 21.6. The summed E-state index contributed by atoms with van der Waals surface area (Å²) in [6, 6.07) is 2.25. The second kappa shape index (κ2) is 15.4. The van der Waals surface area contributed by atoms with Crippen molar-refractivity contribution in [2.75, 3.05) is 12.0 Å². The van der Waals surface area contributed by atoms with Crippen LogP contribution >= 0.6 is 11.8 Å². The van der Waals surface area contributed by atoms with Gasteiger partial charge < -0.3 is 31.9 Å². The lowest BCUT2D eigenvalue weighted by molar-refractivity contribution is -0.144. The van der Waals surface area contributed by atoms with Crippen LogP contribution in [0.3, 0.4) is 0 Å². The molecule has 0 saturated heterocycles. The lowest BCUT2D eigenvalue weighted by Crippen LogP contribution is -2.59. The minimum absolute atomic E-state index is 0.0636. The molecule has 0 saturated carbocycles. The molecule has 36 heavy (non-hydrogen) atoms. The van der Waals surface area contributed by atoms with E-state index in [1.807, 2.05) is 13.2 Å². The van der Waals surface area contributed by atoms with Crippen molar-refractivity contribution in [3.05, 3.63) is 29.8 Å². The van der Waals surface area contributed by atoms with Gasteiger partial charge in [-0.2, -0.15) is 11.8 Å². The third kappa shape index (κ3) is 10.1. The summed E-state index contributed by atoms with van der Waals surface area (Å²) in [5.74, 6) is -2.77. The molecule has 5 unspecified atom stereocenters. The third-order valence-corrected chi connectivity index (χ3v) is 6.65. The second-order valence-corrected chi connectivity index (χ2v) is 10.2. The number of phenols is 1. The Bertz CT molecular complexity index is 880. The molecule has 3 amide bonds. The SMILES string of the molecule is CCC(C)C(NC(=O)C(NC(=O)C(Cc1ccc(O)cc1)NC(=O)C(N)CCSC)C(C)C)C(=O)O. The molecule has 0 aliphatic rings. The van der Waals surface area contributed by atoms with E-state index >= 15 is 0 Å². The van der Waals surface area contributed by atoms with Crippen molar-refractivity contribution in [1.29, 1.82) is 0 Å². The molecule has 0 spiro atoms. The van der Waals surface area contributed by atoms with E-state index in [2.05, 4.69) is 16.0 Å². The van der Waals surface area contributed by atoms with Crippen LogP contribution in [0.15, 0.2) is 24.3 Å². The second-order valence-electron chi connectivity index (χ2n) is 9.26. The molecule has 1 aromatic rings. The largest absolute Gasteiger partial charge is 0.508 e. The third-order valence-electron chi connectivity index (χ3n) is 6.00. The molecule has 1 rings (SSSR count). The minimum Gasteiger partial charge on any atom is -0.508 e. The summed E-state index contributed by atoms with van der Waals surface area (Å²) in [4.78, 5) is 50.6. The van der Waals surface area contributed by atoms with Crippen LogP contribution in [0.25, 0.3) is 0 Å². The summed E-state index contributed by atoms with van der Waals surface area (Å²) in [6.07, 6.45) is 2.99. The zero-order chi connectivity index (χ0) is 27.4. The van der Waals surface area contributed by atoms with Crippen LogP contribution in [0, 0.1) is 11.8 Å². The van der Waals surface area contributed by atoms with Gasteiger partial charge in [0.2, 0.25) is 17.7 Å². The molecule has 5 atom stereocenters. The summed E-state index contributed by atoms with van der Waals surface area (Å²) in [6.45, 7) is 7.02. The molecule has 0 fully saturated rings. The van der Waals surface area contributed by atoms with Crippen molar-refractivity contribution in [3.63, 3.8) is 0 Å². The van der Waals surface area contributed by atoms with Crippen LogP contribution in [0.1, 0.15) is 46.1 Å². The number of rotatable bonds is 15. The maximum atomic E-state index is 13.3. The number of phenolic OH excluding ortho intramolecular Hbond substituents is 1. The number of carbonyl (C=O) groups excluding carboxylic acids is 3. The Kier molecular flexibility index (Phi) is 13.3. The van der Waals surface area contributed by atoms with Gasteiger partial charge in [-0.1, -0.05) is 46.2 Å². The summed E-state index contributed by atoms with van der Waals surface area (Å²) < 4.78 is 0. The smallest absolute Gasteiger partial charge is 0.326 e. The number of amides is 3. The molecule has 7 N–H and O–H groups in total. The van der Waals surface area contributed by atoms with Crippen molar-refractivity contribution in [1.82, 2.24) is 16.0 Å². The molecular formula is C25H40N4O6S. The average molecular weight is 525 g/mol. The Morgan fingerprint density at radius 1 is 0.944 bits per heavy atom. The van der Waals surface area contributed by atoms with Gasteiger partial charge in [-0.3, -0.25) is 14.4 Å². The zero-order valence-corrected chi connectivity index (χ0v) is 22.4. The molecule has 0 heterocycles. The predicted octanol–water partition coefficient (Wildman–Crippen LogP) is 1.26. The first-order valence-electron chi connectivity index (χ1n) is 12.1. The first-order valence-corrected chi connectivity index (χ1v) is 13.5. The van der Waals surface area contributed by atoms with Gasteiger partial charge in [0, 0.05) is 6.42 Å². The summed E-state index contributed by atoms with van der Waals surface area (Å²) in [5, 5.41) is 27.0. The Morgan fingerprint density at radius 3 is 2.03 bits per heavy atom. The Morgan fingerprint density at radius 2 is 1.53 bits per heavy atom. The van der Waals surface area contributed by atoms with Crippen molar-refractivity contribution in [2.24, 2.45) is 17.6 Å². The average Bonchev–Trinajstić information content (AvgIpc) is 2.83. The minimum atomic E-state index is -1.15. The summed E-state index contributed by atoms with van der Waals surface area (Å²) in [7, 11) is 0. The molecule has 202 valence electrons. The van der Waals surface area contributed by atoms with Gasteiger partial charge >= 0.3 is 5.97 Å². The van der Waals surface area contributed by atoms with E-state index in [1.54, 1.807) is 44.7 Å². The maximum absolute atomic E-state index is 13.3. The van der Waals surface area contributed by atoms with E-state index in [9.17, 15) is 29.4 Å². The van der Waals surface area contributed by atoms with Crippen LogP contribution < -0.4 is 21.7 Å². The molecule has 0 bridgehead atoms. The fourth-order valence-electron chi connectivity index (χ4n) is 3.45. The molecule has 11 heteroatoms. The Labute approximate surface area is 217 Å². The molecule has 1 aromatic carbocycles. The van der Waals surface area contributed by atoms with Crippen molar-refractivity contribution in [3.8, 4) is 5.75 Å². The summed E-state index contributed by atoms with van der Waals surface area (Å²) >= 11 is 1.55. The molecular weight excluding hydrogens is 484 g/mol. The number of aromatic hydroxyl groups is 1. The van der Waals surface area contributed by atoms with Crippen LogP contribution in [0.4, 0.5) is 0 Å². The lowest BCUT2D eigenvalue weighted by atomic mass is 9.97. The molecule has 0 aliphatic heterocycles. The van der Waals surface area contributed by atoms with Crippen LogP contribution in [0.5, 0.6) is 5.75 Å². The lowest BCUT2D eigenvalue weighted by Gasteiger charge is -2.28. The first-order chi connectivity index (χ1) is 16.9. The topological polar surface area (TPSA) is 171 Å². The number of carboxylic acid groups (broad SMARTS) is 1. The number of nitrogens with one attached hydrogen (secondary N) is 3. The fourth-order valence-corrected chi connectivity index (χ4v) is 3.94. The van der Waals surface area contributed by atoms with E-state index in [4.69, 9.17) is 5.73 Å². The van der Waals surface area contributed by atoms with Gasteiger partial charge in [-0.05, 0) is 48.0 Å². The van der Waals surface area contributed by atoms with Crippen LogP contribution in [0.2, 0.25) is 0 Å². The number of aliphatic carboxylic acids is 1. The highest BCUT2D eigenvalue weighted by Gasteiger charge is 2.33. The number of carbonyl (C=O) groups is 4. The number of carboxylic acids is 1. The van der Waals surface area contributed by atoms with Crippen molar-refractivity contribution >= 4 is 35.5 Å². The Hall–Kier alpha value is -2.79. The number of hydrogen-bond acceptors (Lipinski definition) is 7. The predicted molar refractivity (Wildman–Crippen MR) is 141 cm³/mol. The van der Waals surface area contributed by atoms with Crippen molar-refractivity contribution in [2.45, 2.75) is 71.1 Å². The van der Waals surface area contributed by atoms with Gasteiger partial charge in [0.15, 0.2) is 0 Å². The van der Waals surface area contributed by atoms with Gasteiger partial charge in [0.25, 0.3) is 0 Å². The number of hydrogen-bond donors (Lipinski definition) is 6. The van der Waals surface area contributed by atoms with E-state index in [-0.39, 0.29) is 24.0 Å². The van der Waals surface area contributed by atoms with Gasteiger partial charge in [-0.25, -0.2) is 4.79 Å².